The van der Waals surface area contributed by atoms with Crippen LogP contribution in [0.2, 0.25) is 5.02 Å². The van der Waals surface area contributed by atoms with Gasteiger partial charge in [-0.2, -0.15) is 4.37 Å². The Morgan fingerprint density at radius 1 is 1.47 bits per heavy atom. The molecule has 0 unspecified atom stereocenters. The molecule has 2 aromatic heterocycles. The lowest BCUT2D eigenvalue weighted by Gasteiger charge is -2.06. The van der Waals surface area contributed by atoms with Gasteiger partial charge in [0.1, 0.15) is 10.7 Å². The van der Waals surface area contributed by atoms with Crippen LogP contribution in [0.4, 0.5) is 10.9 Å². The molecular formula is C8H9ClN6O2S2. The summed E-state index contributed by atoms with van der Waals surface area (Å²) in [6.45, 7) is 1.66. The van der Waals surface area contributed by atoms with Crippen molar-refractivity contribution in [2.24, 2.45) is 5.84 Å². The van der Waals surface area contributed by atoms with Crippen LogP contribution in [0.5, 0.6) is 0 Å². The Bertz CT molecular complexity index is 701. The van der Waals surface area contributed by atoms with Gasteiger partial charge in [-0.3, -0.25) is 4.72 Å². The molecule has 0 aliphatic rings. The summed E-state index contributed by atoms with van der Waals surface area (Å²) in [5.41, 5.74) is 2.25. The second-order valence-electron chi connectivity index (χ2n) is 3.40. The van der Waals surface area contributed by atoms with Gasteiger partial charge in [0, 0.05) is 17.7 Å². The Labute approximate surface area is 118 Å². The molecule has 11 heteroatoms. The van der Waals surface area contributed by atoms with E-state index in [9.17, 15) is 8.42 Å². The minimum atomic E-state index is -3.81. The highest BCUT2D eigenvalue weighted by molar-refractivity contribution is 7.93. The monoisotopic (exact) mass is 320 g/mol. The van der Waals surface area contributed by atoms with Crippen molar-refractivity contribution in [2.75, 3.05) is 10.1 Å². The number of rotatable bonds is 4. The van der Waals surface area contributed by atoms with Crippen LogP contribution in [0, 0.1) is 6.92 Å². The third-order valence-corrected chi connectivity index (χ3v) is 4.46. The van der Waals surface area contributed by atoms with E-state index in [1.165, 1.54) is 6.07 Å². The number of nitrogens with two attached hydrogens (primary N) is 1. The Kier molecular flexibility index (Phi) is 3.85. The van der Waals surface area contributed by atoms with E-state index in [-0.39, 0.29) is 20.9 Å². The number of nitrogen functional groups attached to an aromatic ring is 1. The van der Waals surface area contributed by atoms with Gasteiger partial charge in [-0.15, -0.1) is 0 Å². The summed E-state index contributed by atoms with van der Waals surface area (Å²) in [5, 5.41) is 0.272. The Balaban J connectivity index is 2.31. The van der Waals surface area contributed by atoms with E-state index in [1.807, 2.05) is 0 Å². The maximum atomic E-state index is 12.0. The molecule has 0 aliphatic carbocycles. The number of hydrogen-bond acceptors (Lipinski definition) is 8. The summed E-state index contributed by atoms with van der Waals surface area (Å²) in [6, 6.07) is 1.24. The largest absolute Gasteiger partial charge is 0.307 e. The van der Waals surface area contributed by atoms with E-state index < -0.39 is 10.0 Å². The van der Waals surface area contributed by atoms with Crippen LogP contribution in [-0.4, -0.2) is 22.8 Å². The lowest BCUT2D eigenvalue weighted by atomic mass is 10.5. The number of nitrogens with zero attached hydrogens (tertiary/aromatic N) is 3. The van der Waals surface area contributed by atoms with Crippen molar-refractivity contribution in [3.05, 3.63) is 23.1 Å². The Hall–Kier alpha value is -1.49. The number of anilines is 2. The van der Waals surface area contributed by atoms with Crippen molar-refractivity contribution >= 4 is 44.1 Å². The molecule has 0 aromatic carbocycles. The highest BCUT2D eigenvalue weighted by atomic mass is 35.5. The summed E-state index contributed by atoms with van der Waals surface area (Å²) in [7, 11) is -3.81. The smallest absolute Gasteiger partial charge is 0.265 e. The predicted molar refractivity (Wildman–Crippen MR) is 72.5 cm³/mol. The highest BCUT2D eigenvalue weighted by Crippen LogP contribution is 2.23. The molecule has 0 spiro atoms. The van der Waals surface area contributed by atoms with Crippen LogP contribution in [-0.2, 0) is 10.0 Å². The maximum Gasteiger partial charge on any atom is 0.265 e. The topological polar surface area (TPSA) is 123 Å². The molecule has 8 nitrogen and oxygen atoms in total. The number of sulfonamides is 1. The third-order valence-electron chi connectivity index (χ3n) is 2.01. The van der Waals surface area contributed by atoms with Gasteiger partial charge in [0.25, 0.3) is 10.0 Å². The van der Waals surface area contributed by atoms with E-state index in [4.69, 9.17) is 17.4 Å². The van der Waals surface area contributed by atoms with Gasteiger partial charge in [0.2, 0.25) is 5.13 Å². The molecule has 0 saturated carbocycles. The Morgan fingerprint density at radius 3 is 2.74 bits per heavy atom. The van der Waals surface area contributed by atoms with Crippen LogP contribution in [0.3, 0.4) is 0 Å². The molecule has 0 aliphatic heterocycles. The molecule has 102 valence electrons. The van der Waals surface area contributed by atoms with Gasteiger partial charge in [-0.25, -0.2) is 24.2 Å². The summed E-state index contributed by atoms with van der Waals surface area (Å²) in [6.07, 6.45) is 1.14. The Morgan fingerprint density at radius 2 is 2.21 bits per heavy atom. The van der Waals surface area contributed by atoms with Crippen molar-refractivity contribution in [1.82, 2.24) is 14.3 Å². The maximum absolute atomic E-state index is 12.0. The second-order valence-corrected chi connectivity index (χ2v) is 6.24. The van der Waals surface area contributed by atoms with E-state index in [0.29, 0.717) is 5.82 Å². The van der Waals surface area contributed by atoms with Crippen molar-refractivity contribution in [2.45, 2.75) is 11.8 Å². The van der Waals surface area contributed by atoms with E-state index >= 15 is 0 Å². The van der Waals surface area contributed by atoms with Gasteiger partial charge < -0.3 is 5.43 Å². The number of hydrogen-bond donors (Lipinski definition) is 3. The summed E-state index contributed by atoms with van der Waals surface area (Å²) >= 11 is 6.77. The zero-order valence-corrected chi connectivity index (χ0v) is 12.0. The molecule has 0 atom stereocenters. The molecule has 0 radical (unpaired) electrons. The first-order valence-electron chi connectivity index (χ1n) is 4.87. The van der Waals surface area contributed by atoms with E-state index in [0.717, 1.165) is 17.7 Å². The van der Waals surface area contributed by atoms with Crippen LogP contribution < -0.4 is 16.0 Å². The van der Waals surface area contributed by atoms with E-state index in [2.05, 4.69) is 24.5 Å². The number of hydrazine groups is 1. The lowest BCUT2D eigenvalue weighted by Crippen LogP contribution is -2.14. The SMILES string of the molecule is Cc1nsc(NS(=O)(=O)c2cnc(NN)c(Cl)c2)n1. The quantitative estimate of drug-likeness (QED) is 0.566. The molecule has 4 N–H and O–H groups in total. The van der Waals surface area contributed by atoms with Crippen molar-refractivity contribution in [1.29, 1.82) is 0 Å². The first-order chi connectivity index (χ1) is 8.92. The molecule has 0 fully saturated rings. The molecule has 0 bridgehead atoms. The fraction of sp³-hybridized carbons (Fsp3) is 0.125. The molecule has 0 amide bonds. The number of pyridine rings is 1. The second kappa shape index (κ2) is 5.25. The zero-order valence-electron chi connectivity index (χ0n) is 9.58. The number of nitrogens with one attached hydrogen (secondary N) is 2. The minimum Gasteiger partial charge on any atom is -0.307 e. The van der Waals surface area contributed by atoms with Gasteiger partial charge in [0.15, 0.2) is 5.82 Å². The molecule has 2 rings (SSSR count). The third kappa shape index (κ3) is 3.10. The van der Waals surface area contributed by atoms with Gasteiger partial charge in [-0.1, -0.05) is 11.6 Å². The van der Waals surface area contributed by atoms with Crippen LogP contribution in [0.1, 0.15) is 5.82 Å². The van der Waals surface area contributed by atoms with Crippen LogP contribution in [0.25, 0.3) is 0 Å². The first-order valence-corrected chi connectivity index (χ1v) is 7.51. The average Bonchev–Trinajstić information content (AvgIpc) is 2.73. The standard InChI is InChI=1S/C8H9ClN6O2S2/c1-4-12-8(18-14-4)15-19(16,17)5-2-6(9)7(13-10)11-3-5/h2-3H,10H2,1H3,(H,11,13)(H,12,14,15). The van der Waals surface area contributed by atoms with Crippen molar-refractivity contribution in [3.63, 3.8) is 0 Å². The fourth-order valence-electron chi connectivity index (χ4n) is 1.19. The lowest BCUT2D eigenvalue weighted by molar-refractivity contribution is 0.601. The number of aryl methyl sites for hydroxylation is 1. The van der Waals surface area contributed by atoms with Crippen molar-refractivity contribution < 1.29 is 8.42 Å². The van der Waals surface area contributed by atoms with Crippen LogP contribution >= 0.6 is 23.1 Å². The summed E-state index contributed by atoms with van der Waals surface area (Å²) in [4.78, 5) is 7.61. The average molecular weight is 321 g/mol. The van der Waals surface area contributed by atoms with E-state index in [1.54, 1.807) is 6.92 Å². The number of aromatic nitrogens is 3. The molecular weight excluding hydrogens is 312 g/mol. The molecule has 0 saturated heterocycles. The van der Waals surface area contributed by atoms with Gasteiger partial charge >= 0.3 is 0 Å². The van der Waals surface area contributed by atoms with Gasteiger partial charge in [-0.05, 0) is 13.0 Å². The molecule has 19 heavy (non-hydrogen) atoms. The van der Waals surface area contributed by atoms with Crippen molar-refractivity contribution in [3.8, 4) is 0 Å². The van der Waals surface area contributed by atoms with Crippen LogP contribution in [0.15, 0.2) is 17.2 Å². The number of halogens is 1. The fourth-order valence-corrected chi connectivity index (χ4v) is 3.24. The van der Waals surface area contributed by atoms with Gasteiger partial charge in [0.05, 0.1) is 5.02 Å². The first kappa shape index (κ1) is 13.9. The zero-order chi connectivity index (χ0) is 14.0. The predicted octanol–water partition coefficient (Wildman–Crippen LogP) is 0.981. The summed E-state index contributed by atoms with van der Waals surface area (Å²) < 4.78 is 30.2. The highest BCUT2D eigenvalue weighted by Gasteiger charge is 2.18. The minimum absolute atomic E-state index is 0.0932. The molecule has 2 heterocycles. The summed E-state index contributed by atoms with van der Waals surface area (Å²) in [5.74, 6) is 5.83. The molecule has 2 aromatic rings. The normalized spacial score (nSPS) is 11.3.